The summed E-state index contributed by atoms with van der Waals surface area (Å²) in [5.74, 6) is -0.757. The lowest BCUT2D eigenvalue weighted by atomic mass is 10.2. The lowest BCUT2D eigenvalue weighted by molar-refractivity contribution is -0.137. The van der Waals surface area contributed by atoms with Gasteiger partial charge in [-0.1, -0.05) is 0 Å². The average molecular weight is 281 g/mol. The molecule has 9 heteroatoms. The first-order chi connectivity index (χ1) is 9.56. The van der Waals surface area contributed by atoms with Crippen molar-refractivity contribution in [3.8, 4) is 0 Å². The highest BCUT2D eigenvalue weighted by molar-refractivity contribution is 5.94. The number of rotatable bonds is 4. The molecule has 1 aliphatic rings. The molecule has 2 N–H and O–H groups in total. The number of nitrogens with zero attached hydrogens (tertiary/aromatic N) is 4. The Morgan fingerprint density at radius 1 is 1.30 bits per heavy atom. The summed E-state index contributed by atoms with van der Waals surface area (Å²) in [5, 5.41) is 18.3. The Kier molecular flexibility index (Phi) is 4.28. The van der Waals surface area contributed by atoms with Crippen LogP contribution in [0, 0.1) is 0 Å². The number of nitrogens with one attached hydrogen (secondary N) is 1. The standard InChI is InChI=1S/C11H15N5O4/c17-9(2-1-3-10(18)19)13-11(20)15-4-5-16-7-12-14-8(16)6-15/h7H,1-6H2,(H,18,19)(H,13,17,20). The first-order valence-corrected chi connectivity index (χ1v) is 6.23. The van der Waals surface area contributed by atoms with Gasteiger partial charge in [0.1, 0.15) is 6.33 Å². The molecule has 2 rings (SSSR count). The van der Waals surface area contributed by atoms with E-state index in [9.17, 15) is 14.4 Å². The van der Waals surface area contributed by atoms with Gasteiger partial charge in [-0.05, 0) is 6.42 Å². The summed E-state index contributed by atoms with van der Waals surface area (Å²) < 4.78 is 1.85. The molecule has 0 unspecified atom stereocenters. The Morgan fingerprint density at radius 2 is 2.10 bits per heavy atom. The summed E-state index contributed by atoms with van der Waals surface area (Å²) in [6.45, 7) is 1.36. The van der Waals surface area contributed by atoms with E-state index in [0.29, 0.717) is 25.5 Å². The Hall–Kier alpha value is -2.45. The Balaban J connectivity index is 1.78. The Bertz CT molecular complexity index is 527. The molecule has 1 aromatic heterocycles. The van der Waals surface area contributed by atoms with Gasteiger partial charge >= 0.3 is 12.0 Å². The number of fused-ring (bicyclic) bond motifs is 1. The van der Waals surface area contributed by atoms with Gasteiger partial charge in [0.15, 0.2) is 5.82 Å². The van der Waals surface area contributed by atoms with Crippen molar-refractivity contribution >= 4 is 17.9 Å². The number of hydrogen-bond donors (Lipinski definition) is 2. The molecular weight excluding hydrogens is 266 g/mol. The SMILES string of the molecule is O=C(O)CCCC(=O)NC(=O)N1CCn2cnnc2C1. The van der Waals surface area contributed by atoms with Gasteiger partial charge in [0.05, 0.1) is 6.54 Å². The third-order valence-electron chi connectivity index (χ3n) is 2.97. The van der Waals surface area contributed by atoms with Crippen LogP contribution in [0.3, 0.4) is 0 Å². The smallest absolute Gasteiger partial charge is 0.324 e. The van der Waals surface area contributed by atoms with Crippen LogP contribution in [0.4, 0.5) is 4.79 Å². The van der Waals surface area contributed by atoms with Crippen molar-refractivity contribution in [3.63, 3.8) is 0 Å². The summed E-state index contributed by atoms with van der Waals surface area (Å²) in [6.07, 6.45) is 1.74. The van der Waals surface area contributed by atoms with Crippen LogP contribution in [-0.2, 0) is 22.7 Å². The minimum Gasteiger partial charge on any atom is -0.481 e. The van der Waals surface area contributed by atoms with E-state index in [2.05, 4.69) is 15.5 Å². The molecule has 1 aliphatic heterocycles. The zero-order valence-corrected chi connectivity index (χ0v) is 10.8. The zero-order valence-electron chi connectivity index (χ0n) is 10.8. The topological polar surface area (TPSA) is 117 Å². The predicted molar refractivity (Wildman–Crippen MR) is 65.5 cm³/mol. The van der Waals surface area contributed by atoms with Crippen LogP contribution >= 0.6 is 0 Å². The van der Waals surface area contributed by atoms with Crippen molar-refractivity contribution in [2.75, 3.05) is 6.54 Å². The third-order valence-corrected chi connectivity index (χ3v) is 2.97. The monoisotopic (exact) mass is 281 g/mol. The fourth-order valence-corrected chi connectivity index (χ4v) is 1.90. The average Bonchev–Trinajstić information content (AvgIpc) is 2.85. The highest BCUT2D eigenvalue weighted by Crippen LogP contribution is 2.08. The van der Waals surface area contributed by atoms with Crippen LogP contribution in [-0.4, -0.2) is 49.2 Å². The largest absolute Gasteiger partial charge is 0.481 e. The summed E-state index contributed by atoms with van der Waals surface area (Å²) in [5.41, 5.74) is 0. The van der Waals surface area contributed by atoms with E-state index in [1.807, 2.05) is 4.57 Å². The minimum absolute atomic E-state index is 0.0159. The number of carboxylic acid groups (broad SMARTS) is 1. The van der Waals surface area contributed by atoms with E-state index in [1.54, 1.807) is 6.33 Å². The van der Waals surface area contributed by atoms with Crippen LogP contribution < -0.4 is 5.32 Å². The van der Waals surface area contributed by atoms with Crippen molar-refractivity contribution in [1.29, 1.82) is 0 Å². The zero-order chi connectivity index (χ0) is 14.5. The van der Waals surface area contributed by atoms with Crippen molar-refractivity contribution in [3.05, 3.63) is 12.2 Å². The molecular formula is C11H15N5O4. The second kappa shape index (κ2) is 6.13. The fourth-order valence-electron chi connectivity index (χ4n) is 1.90. The highest BCUT2D eigenvalue weighted by Gasteiger charge is 2.22. The van der Waals surface area contributed by atoms with Crippen LogP contribution in [0.15, 0.2) is 6.33 Å². The van der Waals surface area contributed by atoms with E-state index in [-0.39, 0.29) is 19.3 Å². The maximum atomic E-state index is 11.9. The Labute approximate surface area is 114 Å². The lowest BCUT2D eigenvalue weighted by Crippen LogP contribution is -2.46. The van der Waals surface area contributed by atoms with E-state index < -0.39 is 17.9 Å². The molecule has 0 aromatic carbocycles. The summed E-state index contributed by atoms with van der Waals surface area (Å²) in [4.78, 5) is 35.1. The summed E-state index contributed by atoms with van der Waals surface area (Å²) in [6, 6.07) is -0.487. The quantitative estimate of drug-likeness (QED) is 0.774. The molecule has 9 nitrogen and oxygen atoms in total. The molecule has 0 radical (unpaired) electrons. The molecule has 0 saturated carbocycles. The molecule has 20 heavy (non-hydrogen) atoms. The van der Waals surface area contributed by atoms with Gasteiger partial charge in [0.25, 0.3) is 0 Å². The number of imide groups is 1. The van der Waals surface area contributed by atoms with Crippen LogP contribution in [0.25, 0.3) is 0 Å². The third kappa shape index (κ3) is 3.53. The van der Waals surface area contributed by atoms with Gasteiger partial charge in [-0.2, -0.15) is 0 Å². The highest BCUT2D eigenvalue weighted by atomic mass is 16.4. The Morgan fingerprint density at radius 3 is 2.85 bits per heavy atom. The molecule has 108 valence electrons. The first kappa shape index (κ1) is 14.0. The number of carbonyl (C=O) groups is 3. The maximum absolute atomic E-state index is 11.9. The van der Waals surface area contributed by atoms with Gasteiger partial charge in [-0.25, -0.2) is 4.79 Å². The molecule has 2 heterocycles. The molecule has 0 atom stereocenters. The van der Waals surface area contributed by atoms with Gasteiger partial charge in [-0.15, -0.1) is 10.2 Å². The van der Waals surface area contributed by atoms with E-state index >= 15 is 0 Å². The number of hydrogen-bond acceptors (Lipinski definition) is 5. The number of aliphatic carboxylic acids is 1. The van der Waals surface area contributed by atoms with Crippen molar-refractivity contribution in [2.45, 2.75) is 32.4 Å². The van der Waals surface area contributed by atoms with Gasteiger partial charge < -0.3 is 14.6 Å². The molecule has 0 fully saturated rings. The fraction of sp³-hybridized carbons (Fsp3) is 0.545. The second-order valence-electron chi connectivity index (χ2n) is 4.46. The molecule has 0 saturated heterocycles. The summed E-state index contributed by atoms with van der Waals surface area (Å²) >= 11 is 0. The number of carboxylic acids is 1. The predicted octanol–water partition coefficient (Wildman–Crippen LogP) is -0.415. The van der Waals surface area contributed by atoms with Crippen molar-refractivity contribution in [1.82, 2.24) is 25.0 Å². The molecule has 0 bridgehead atoms. The number of amides is 3. The van der Waals surface area contributed by atoms with Crippen molar-refractivity contribution in [2.24, 2.45) is 0 Å². The normalized spacial score (nSPS) is 13.7. The lowest BCUT2D eigenvalue weighted by Gasteiger charge is -2.26. The second-order valence-corrected chi connectivity index (χ2v) is 4.46. The number of aromatic nitrogens is 3. The molecule has 3 amide bonds. The van der Waals surface area contributed by atoms with E-state index in [0.717, 1.165) is 0 Å². The van der Waals surface area contributed by atoms with Crippen LogP contribution in [0.5, 0.6) is 0 Å². The van der Waals surface area contributed by atoms with Gasteiger partial charge in [0, 0.05) is 25.9 Å². The van der Waals surface area contributed by atoms with Gasteiger partial charge in [0.2, 0.25) is 5.91 Å². The van der Waals surface area contributed by atoms with Crippen molar-refractivity contribution < 1.29 is 19.5 Å². The maximum Gasteiger partial charge on any atom is 0.324 e. The summed E-state index contributed by atoms with van der Waals surface area (Å²) in [7, 11) is 0. The minimum atomic E-state index is -0.959. The number of carbonyl (C=O) groups excluding carboxylic acids is 2. The number of urea groups is 1. The van der Waals surface area contributed by atoms with Gasteiger partial charge in [-0.3, -0.25) is 14.9 Å². The van der Waals surface area contributed by atoms with Crippen LogP contribution in [0.2, 0.25) is 0 Å². The van der Waals surface area contributed by atoms with E-state index in [4.69, 9.17) is 5.11 Å². The molecule has 1 aromatic rings. The van der Waals surface area contributed by atoms with Crippen LogP contribution in [0.1, 0.15) is 25.1 Å². The van der Waals surface area contributed by atoms with E-state index in [1.165, 1.54) is 4.90 Å². The first-order valence-electron chi connectivity index (χ1n) is 6.23. The molecule has 0 spiro atoms. The molecule has 0 aliphatic carbocycles.